The van der Waals surface area contributed by atoms with Gasteiger partial charge in [-0.05, 0) is 25.6 Å². The summed E-state index contributed by atoms with van der Waals surface area (Å²) < 4.78 is 0. The molecule has 1 aromatic carbocycles. The summed E-state index contributed by atoms with van der Waals surface area (Å²) in [6.07, 6.45) is 0. The Morgan fingerprint density at radius 3 is 2.53 bits per heavy atom. The zero-order valence-corrected chi connectivity index (χ0v) is 10.4. The molecular formula is C13H20N2O2. The predicted molar refractivity (Wildman–Crippen MR) is 69.0 cm³/mol. The van der Waals surface area contributed by atoms with Crippen LogP contribution in [-0.4, -0.2) is 42.2 Å². The fraction of sp³-hybridized carbons (Fsp3) is 0.462. The van der Waals surface area contributed by atoms with Crippen molar-refractivity contribution in [2.24, 2.45) is 0 Å². The number of likely N-dealkylation sites (N-methyl/N-ethyl adjacent to an activating group) is 1. The fourth-order valence-corrected chi connectivity index (χ4v) is 1.53. The van der Waals surface area contributed by atoms with E-state index in [-0.39, 0.29) is 12.5 Å². The number of hydrogen-bond acceptors (Lipinski definition) is 3. The maximum atomic E-state index is 11.7. The molecule has 1 aromatic rings. The van der Waals surface area contributed by atoms with Crippen molar-refractivity contribution in [3.63, 3.8) is 0 Å². The summed E-state index contributed by atoms with van der Waals surface area (Å²) in [6, 6.07) is 7.69. The molecule has 17 heavy (non-hydrogen) atoms. The molecular weight excluding hydrogens is 216 g/mol. The minimum atomic E-state index is -0.0517. The van der Waals surface area contributed by atoms with Crippen molar-refractivity contribution in [1.29, 1.82) is 0 Å². The first-order valence-corrected chi connectivity index (χ1v) is 5.85. The Labute approximate surface area is 102 Å². The van der Waals surface area contributed by atoms with Crippen LogP contribution in [0.5, 0.6) is 0 Å². The van der Waals surface area contributed by atoms with Crippen molar-refractivity contribution in [2.45, 2.75) is 13.8 Å². The fourth-order valence-electron chi connectivity index (χ4n) is 1.53. The van der Waals surface area contributed by atoms with Crippen LogP contribution in [0.25, 0.3) is 0 Å². The number of anilines is 1. The first-order valence-electron chi connectivity index (χ1n) is 5.85. The number of amides is 1. The molecule has 0 aliphatic rings. The van der Waals surface area contributed by atoms with Gasteiger partial charge < -0.3 is 10.4 Å². The van der Waals surface area contributed by atoms with E-state index in [2.05, 4.69) is 5.32 Å². The highest BCUT2D eigenvalue weighted by atomic mass is 16.3. The molecule has 1 rings (SSSR count). The molecule has 4 heteroatoms. The average molecular weight is 236 g/mol. The topological polar surface area (TPSA) is 52.6 Å². The smallest absolute Gasteiger partial charge is 0.238 e. The third-order valence-corrected chi connectivity index (χ3v) is 2.57. The van der Waals surface area contributed by atoms with Crippen LogP contribution in [0.15, 0.2) is 24.3 Å². The van der Waals surface area contributed by atoms with Gasteiger partial charge in [0.15, 0.2) is 0 Å². The number of nitrogens with zero attached hydrogens (tertiary/aromatic N) is 1. The van der Waals surface area contributed by atoms with Crippen molar-refractivity contribution < 1.29 is 9.90 Å². The van der Waals surface area contributed by atoms with Gasteiger partial charge in [-0.2, -0.15) is 0 Å². The van der Waals surface area contributed by atoms with E-state index in [0.29, 0.717) is 13.1 Å². The quantitative estimate of drug-likeness (QED) is 0.781. The number of aliphatic hydroxyl groups excluding tert-OH is 1. The Morgan fingerprint density at radius 2 is 2.00 bits per heavy atom. The number of rotatable bonds is 6. The molecule has 0 radical (unpaired) electrons. The Kier molecular flexibility index (Phi) is 5.66. The summed E-state index contributed by atoms with van der Waals surface area (Å²) in [7, 11) is 0. The largest absolute Gasteiger partial charge is 0.395 e. The maximum Gasteiger partial charge on any atom is 0.238 e. The Morgan fingerprint density at radius 1 is 1.35 bits per heavy atom. The number of aryl methyl sites for hydroxylation is 1. The maximum absolute atomic E-state index is 11.7. The second-order valence-corrected chi connectivity index (χ2v) is 4.01. The molecule has 0 spiro atoms. The second-order valence-electron chi connectivity index (χ2n) is 4.01. The van der Waals surface area contributed by atoms with Crippen molar-refractivity contribution in [1.82, 2.24) is 4.90 Å². The number of carbonyl (C=O) groups excluding carboxylic acids is 1. The molecule has 0 bridgehead atoms. The summed E-state index contributed by atoms with van der Waals surface area (Å²) in [5, 5.41) is 11.7. The number of nitrogens with one attached hydrogen (secondary N) is 1. The number of carbonyl (C=O) groups is 1. The number of aliphatic hydroxyl groups is 1. The van der Waals surface area contributed by atoms with Gasteiger partial charge >= 0.3 is 0 Å². The first kappa shape index (κ1) is 13.7. The van der Waals surface area contributed by atoms with Crippen LogP contribution < -0.4 is 5.32 Å². The highest BCUT2D eigenvalue weighted by Gasteiger charge is 2.08. The highest BCUT2D eigenvalue weighted by Crippen LogP contribution is 2.08. The lowest BCUT2D eigenvalue weighted by Gasteiger charge is -2.18. The molecule has 4 nitrogen and oxygen atoms in total. The number of benzene rings is 1. The van der Waals surface area contributed by atoms with Crippen LogP contribution >= 0.6 is 0 Å². The zero-order valence-electron chi connectivity index (χ0n) is 10.4. The standard InChI is InChI=1S/C13H20N2O2/c1-3-15(8-9-16)10-13(17)14-12-6-4-11(2)5-7-12/h4-7,16H,3,8-10H2,1-2H3,(H,14,17). The molecule has 0 unspecified atom stereocenters. The molecule has 2 N–H and O–H groups in total. The van der Waals surface area contributed by atoms with Gasteiger partial charge in [0.25, 0.3) is 0 Å². The van der Waals surface area contributed by atoms with E-state index in [4.69, 9.17) is 5.11 Å². The van der Waals surface area contributed by atoms with Gasteiger partial charge in [-0.25, -0.2) is 0 Å². The molecule has 0 fully saturated rings. The van der Waals surface area contributed by atoms with Gasteiger partial charge in [-0.15, -0.1) is 0 Å². The van der Waals surface area contributed by atoms with E-state index in [1.54, 1.807) is 0 Å². The lowest BCUT2D eigenvalue weighted by Crippen LogP contribution is -2.35. The summed E-state index contributed by atoms with van der Waals surface area (Å²) in [5.74, 6) is -0.0517. The summed E-state index contributed by atoms with van der Waals surface area (Å²) >= 11 is 0. The zero-order chi connectivity index (χ0) is 12.7. The van der Waals surface area contributed by atoms with E-state index in [1.165, 1.54) is 5.56 Å². The predicted octanol–water partition coefficient (Wildman–Crippen LogP) is 1.25. The van der Waals surface area contributed by atoms with Crippen LogP contribution in [0.4, 0.5) is 5.69 Å². The summed E-state index contributed by atoms with van der Waals surface area (Å²) in [6.45, 7) is 5.64. The van der Waals surface area contributed by atoms with Gasteiger partial charge in [0.2, 0.25) is 5.91 Å². The Hall–Kier alpha value is -1.39. The third kappa shape index (κ3) is 4.97. The molecule has 0 atom stereocenters. The molecule has 94 valence electrons. The molecule has 0 aliphatic carbocycles. The van der Waals surface area contributed by atoms with Crippen molar-refractivity contribution in [3.05, 3.63) is 29.8 Å². The summed E-state index contributed by atoms with van der Waals surface area (Å²) in [5.41, 5.74) is 1.97. The Bertz CT molecular complexity index is 349. The van der Waals surface area contributed by atoms with E-state index < -0.39 is 0 Å². The molecule has 0 aliphatic heterocycles. The lowest BCUT2D eigenvalue weighted by atomic mass is 10.2. The monoisotopic (exact) mass is 236 g/mol. The van der Waals surface area contributed by atoms with Crippen molar-refractivity contribution in [3.8, 4) is 0 Å². The Balaban J connectivity index is 2.46. The third-order valence-electron chi connectivity index (χ3n) is 2.57. The van der Waals surface area contributed by atoms with Crippen LogP contribution in [0, 0.1) is 6.92 Å². The van der Waals surface area contributed by atoms with E-state index in [9.17, 15) is 4.79 Å². The summed E-state index contributed by atoms with van der Waals surface area (Å²) in [4.78, 5) is 13.6. The molecule has 0 saturated heterocycles. The van der Waals surface area contributed by atoms with Crippen LogP contribution in [0.3, 0.4) is 0 Å². The minimum absolute atomic E-state index is 0.0517. The van der Waals surface area contributed by atoms with E-state index in [1.807, 2.05) is 43.0 Å². The highest BCUT2D eigenvalue weighted by molar-refractivity contribution is 5.92. The van der Waals surface area contributed by atoms with Gasteiger partial charge in [-0.1, -0.05) is 24.6 Å². The molecule has 0 saturated carbocycles. The van der Waals surface area contributed by atoms with Crippen molar-refractivity contribution in [2.75, 3.05) is 31.6 Å². The van der Waals surface area contributed by atoms with Gasteiger partial charge in [0, 0.05) is 12.2 Å². The average Bonchev–Trinajstić information content (AvgIpc) is 2.31. The van der Waals surface area contributed by atoms with E-state index in [0.717, 1.165) is 12.2 Å². The van der Waals surface area contributed by atoms with E-state index >= 15 is 0 Å². The minimum Gasteiger partial charge on any atom is -0.395 e. The molecule has 1 amide bonds. The van der Waals surface area contributed by atoms with Gasteiger partial charge in [-0.3, -0.25) is 9.69 Å². The second kappa shape index (κ2) is 7.04. The van der Waals surface area contributed by atoms with Crippen LogP contribution in [-0.2, 0) is 4.79 Å². The normalized spacial score (nSPS) is 10.6. The lowest BCUT2D eigenvalue weighted by molar-refractivity contribution is -0.117. The van der Waals surface area contributed by atoms with Gasteiger partial charge in [0.1, 0.15) is 0 Å². The van der Waals surface area contributed by atoms with Crippen molar-refractivity contribution >= 4 is 11.6 Å². The van der Waals surface area contributed by atoms with Crippen LogP contribution in [0.2, 0.25) is 0 Å². The molecule has 0 heterocycles. The van der Waals surface area contributed by atoms with Gasteiger partial charge in [0.05, 0.1) is 13.2 Å². The molecule has 0 aromatic heterocycles. The van der Waals surface area contributed by atoms with Crippen LogP contribution in [0.1, 0.15) is 12.5 Å². The SMILES string of the molecule is CCN(CCO)CC(=O)Nc1ccc(C)cc1. The number of hydrogen-bond donors (Lipinski definition) is 2. The first-order chi connectivity index (χ1) is 8.15.